The Morgan fingerprint density at radius 1 is 1.40 bits per heavy atom. The number of carbonyl (C=O) groups is 1. The van der Waals surface area contributed by atoms with Gasteiger partial charge in [0.25, 0.3) is 0 Å². The van der Waals surface area contributed by atoms with E-state index >= 15 is 0 Å². The lowest BCUT2D eigenvalue weighted by Gasteiger charge is -2.21. The summed E-state index contributed by atoms with van der Waals surface area (Å²) in [5, 5.41) is 8.72. The summed E-state index contributed by atoms with van der Waals surface area (Å²) >= 11 is 1.77. The number of rotatable bonds is 6. The molecule has 0 radical (unpaired) electrons. The summed E-state index contributed by atoms with van der Waals surface area (Å²) in [5.74, 6) is 0.861. The maximum atomic E-state index is 12.4. The number of hydrogen-bond acceptors (Lipinski definition) is 7. The number of thiophene rings is 1. The van der Waals surface area contributed by atoms with Gasteiger partial charge in [-0.1, -0.05) is 11.2 Å². The molecular formula is C16H23N5O3S. The molecule has 0 aromatic carbocycles. The van der Waals surface area contributed by atoms with Gasteiger partial charge in [-0.15, -0.1) is 11.3 Å². The van der Waals surface area contributed by atoms with Crippen LogP contribution in [0.2, 0.25) is 0 Å². The van der Waals surface area contributed by atoms with E-state index in [0.29, 0.717) is 18.3 Å². The summed E-state index contributed by atoms with van der Waals surface area (Å²) in [6.45, 7) is 4.84. The average molecular weight is 365 g/mol. The van der Waals surface area contributed by atoms with Gasteiger partial charge in [-0.2, -0.15) is 4.98 Å². The number of amides is 2. The van der Waals surface area contributed by atoms with E-state index in [-0.39, 0.29) is 12.6 Å². The van der Waals surface area contributed by atoms with Crippen LogP contribution in [0.1, 0.15) is 23.0 Å². The molecule has 9 heteroatoms. The molecule has 2 aromatic rings. The SMILES string of the molecule is COCc1noc(CNC(=O)N2CCCN(Cc3cccs3)CC2)n1. The summed E-state index contributed by atoms with van der Waals surface area (Å²) in [5.41, 5.74) is 0. The molecule has 0 aliphatic carbocycles. The topological polar surface area (TPSA) is 83.7 Å². The minimum absolute atomic E-state index is 0.0931. The van der Waals surface area contributed by atoms with Gasteiger partial charge in [0.05, 0.1) is 6.54 Å². The van der Waals surface area contributed by atoms with Crippen LogP contribution in [0.3, 0.4) is 0 Å². The van der Waals surface area contributed by atoms with Crippen molar-refractivity contribution in [2.24, 2.45) is 0 Å². The number of ether oxygens (including phenoxy) is 1. The molecule has 3 rings (SSSR count). The Balaban J connectivity index is 1.44. The smallest absolute Gasteiger partial charge is 0.317 e. The highest BCUT2D eigenvalue weighted by atomic mass is 32.1. The molecule has 0 spiro atoms. The minimum atomic E-state index is -0.0931. The second-order valence-corrected chi connectivity index (χ2v) is 6.92. The number of aromatic nitrogens is 2. The van der Waals surface area contributed by atoms with Crippen molar-refractivity contribution in [3.05, 3.63) is 34.1 Å². The quantitative estimate of drug-likeness (QED) is 0.839. The third-order valence-corrected chi connectivity index (χ3v) is 4.87. The Kier molecular flexibility index (Phi) is 6.37. The zero-order valence-electron chi connectivity index (χ0n) is 14.3. The van der Waals surface area contributed by atoms with Crippen molar-refractivity contribution in [3.63, 3.8) is 0 Å². The van der Waals surface area contributed by atoms with Crippen LogP contribution in [0.5, 0.6) is 0 Å². The van der Waals surface area contributed by atoms with Crippen LogP contribution in [0.25, 0.3) is 0 Å². The average Bonchev–Trinajstić information content (AvgIpc) is 3.22. The Morgan fingerprint density at radius 2 is 2.32 bits per heavy atom. The fourth-order valence-corrected chi connectivity index (χ4v) is 3.51. The summed E-state index contributed by atoms with van der Waals surface area (Å²) in [6, 6.07) is 4.14. The number of nitrogens with one attached hydrogen (secondary N) is 1. The number of nitrogens with zero attached hydrogens (tertiary/aromatic N) is 4. The standard InChI is InChI=1S/C16H23N5O3S/c1-23-12-14-18-15(24-19-14)10-17-16(22)21-6-3-5-20(7-8-21)11-13-4-2-9-25-13/h2,4,9H,3,5-8,10-12H2,1H3,(H,17,22). The summed E-state index contributed by atoms with van der Waals surface area (Å²) in [4.78, 5) is 22.1. The minimum Gasteiger partial charge on any atom is -0.377 e. The first kappa shape index (κ1) is 17.8. The van der Waals surface area contributed by atoms with Crippen molar-refractivity contribution in [3.8, 4) is 0 Å². The van der Waals surface area contributed by atoms with E-state index in [4.69, 9.17) is 9.26 Å². The van der Waals surface area contributed by atoms with E-state index in [1.165, 1.54) is 4.88 Å². The zero-order valence-corrected chi connectivity index (χ0v) is 15.1. The Morgan fingerprint density at radius 3 is 3.12 bits per heavy atom. The predicted octanol–water partition coefficient (Wildman–Crippen LogP) is 1.69. The van der Waals surface area contributed by atoms with Crippen LogP contribution in [-0.2, 0) is 24.4 Å². The maximum Gasteiger partial charge on any atom is 0.317 e. The highest BCUT2D eigenvalue weighted by Gasteiger charge is 2.19. The maximum absolute atomic E-state index is 12.4. The van der Waals surface area contributed by atoms with E-state index in [9.17, 15) is 4.79 Å². The van der Waals surface area contributed by atoms with Crippen LogP contribution in [0.15, 0.2) is 22.0 Å². The first-order valence-electron chi connectivity index (χ1n) is 8.32. The van der Waals surface area contributed by atoms with E-state index in [2.05, 4.69) is 37.9 Å². The van der Waals surface area contributed by atoms with Crippen LogP contribution in [-0.4, -0.2) is 59.3 Å². The summed E-state index contributed by atoms with van der Waals surface area (Å²) < 4.78 is 10.0. The Bertz CT molecular complexity index is 661. The van der Waals surface area contributed by atoms with E-state index in [1.54, 1.807) is 18.4 Å². The molecule has 2 amide bonds. The lowest BCUT2D eigenvalue weighted by Crippen LogP contribution is -2.41. The molecule has 1 aliphatic rings. The molecule has 25 heavy (non-hydrogen) atoms. The Hall–Kier alpha value is -1.97. The highest BCUT2D eigenvalue weighted by Crippen LogP contribution is 2.13. The molecule has 0 saturated carbocycles. The summed E-state index contributed by atoms with van der Waals surface area (Å²) in [6.07, 6.45) is 0.970. The van der Waals surface area contributed by atoms with Crippen LogP contribution in [0.4, 0.5) is 4.79 Å². The first-order chi connectivity index (χ1) is 12.2. The van der Waals surface area contributed by atoms with E-state index < -0.39 is 0 Å². The predicted molar refractivity (Wildman–Crippen MR) is 93.0 cm³/mol. The van der Waals surface area contributed by atoms with Crippen molar-refractivity contribution >= 4 is 17.4 Å². The van der Waals surface area contributed by atoms with Crippen LogP contribution >= 0.6 is 11.3 Å². The van der Waals surface area contributed by atoms with Gasteiger partial charge in [0.1, 0.15) is 6.61 Å². The fourth-order valence-electron chi connectivity index (χ4n) is 2.77. The first-order valence-corrected chi connectivity index (χ1v) is 9.20. The van der Waals surface area contributed by atoms with E-state index in [1.807, 2.05) is 4.90 Å². The van der Waals surface area contributed by atoms with Crippen molar-refractivity contribution in [2.75, 3.05) is 33.3 Å². The van der Waals surface area contributed by atoms with Gasteiger partial charge >= 0.3 is 6.03 Å². The second kappa shape index (κ2) is 8.93. The molecule has 0 unspecified atom stereocenters. The molecule has 1 aliphatic heterocycles. The fraction of sp³-hybridized carbons (Fsp3) is 0.562. The normalized spacial score (nSPS) is 16.0. The van der Waals surface area contributed by atoms with Crippen molar-refractivity contribution in [2.45, 2.75) is 26.1 Å². The van der Waals surface area contributed by atoms with Crippen molar-refractivity contribution < 1.29 is 14.1 Å². The molecule has 0 atom stereocenters. The third kappa shape index (κ3) is 5.25. The van der Waals surface area contributed by atoms with E-state index in [0.717, 1.165) is 39.1 Å². The molecule has 1 fully saturated rings. The van der Waals surface area contributed by atoms with Gasteiger partial charge in [-0.05, 0) is 17.9 Å². The molecule has 136 valence electrons. The van der Waals surface area contributed by atoms with Gasteiger partial charge < -0.3 is 19.5 Å². The monoisotopic (exact) mass is 365 g/mol. The van der Waals surface area contributed by atoms with Gasteiger partial charge in [0, 0.05) is 44.7 Å². The largest absolute Gasteiger partial charge is 0.377 e. The summed E-state index contributed by atoms with van der Waals surface area (Å²) in [7, 11) is 1.57. The number of carbonyl (C=O) groups excluding carboxylic acids is 1. The van der Waals surface area contributed by atoms with Gasteiger partial charge in [0.15, 0.2) is 5.82 Å². The lowest BCUT2D eigenvalue weighted by molar-refractivity contribution is 0.174. The number of methoxy groups -OCH3 is 1. The van der Waals surface area contributed by atoms with Crippen molar-refractivity contribution in [1.29, 1.82) is 0 Å². The molecule has 0 bridgehead atoms. The third-order valence-electron chi connectivity index (χ3n) is 4.01. The Labute approximate surface area is 150 Å². The molecular weight excluding hydrogens is 342 g/mol. The lowest BCUT2D eigenvalue weighted by atomic mass is 10.3. The number of urea groups is 1. The molecule has 2 aromatic heterocycles. The highest BCUT2D eigenvalue weighted by molar-refractivity contribution is 7.09. The van der Waals surface area contributed by atoms with Crippen LogP contribution < -0.4 is 5.32 Å². The zero-order chi connectivity index (χ0) is 17.5. The molecule has 1 N–H and O–H groups in total. The molecule has 8 nitrogen and oxygen atoms in total. The van der Waals surface area contributed by atoms with Gasteiger partial charge in [-0.25, -0.2) is 4.79 Å². The molecule has 3 heterocycles. The van der Waals surface area contributed by atoms with Crippen LogP contribution in [0, 0.1) is 0 Å². The van der Waals surface area contributed by atoms with Gasteiger partial charge in [-0.3, -0.25) is 4.90 Å². The van der Waals surface area contributed by atoms with Gasteiger partial charge in [0.2, 0.25) is 5.89 Å². The van der Waals surface area contributed by atoms with Crippen molar-refractivity contribution in [1.82, 2.24) is 25.3 Å². The molecule has 1 saturated heterocycles. The number of hydrogen-bond donors (Lipinski definition) is 1. The second-order valence-electron chi connectivity index (χ2n) is 5.89.